The molecule has 12 heavy (non-hydrogen) atoms. The van der Waals surface area contributed by atoms with Crippen LogP contribution in [-0.2, 0) is 9.59 Å². The van der Waals surface area contributed by atoms with Gasteiger partial charge in [0.05, 0.1) is 6.42 Å². The van der Waals surface area contributed by atoms with E-state index in [9.17, 15) is 9.59 Å². The molecule has 0 bridgehead atoms. The molecule has 0 rings (SSSR count). The number of carbonyl (C=O) groups is 2. The Bertz CT molecular complexity index is 162. The van der Waals surface area contributed by atoms with Crippen molar-refractivity contribution in [3.63, 3.8) is 0 Å². The lowest BCUT2D eigenvalue weighted by Gasteiger charge is -2.17. The Labute approximate surface area is 73.7 Å². The van der Waals surface area contributed by atoms with Gasteiger partial charge in [-0.3, -0.25) is 9.59 Å². The predicted octanol–water partition coefficient (Wildman–Crippen LogP) is 1.22. The van der Waals surface area contributed by atoms with E-state index in [1.54, 1.807) is 11.8 Å². The van der Waals surface area contributed by atoms with Crippen molar-refractivity contribution in [3.8, 4) is 0 Å². The molecule has 0 N–H and O–H groups in total. The topological polar surface area (TPSA) is 37.4 Å². The van der Waals surface area contributed by atoms with E-state index >= 15 is 0 Å². The summed E-state index contributed by atoms with van der Waals surface area (Å²) in [6.45, 7) is 6.98. The van der Waals surface area contributed by atoms with E-state index in [2.05, 4.69) is 0 Å². The van der Waals surface area contributed by atoms with Gasteiger partial charge in [0.1, 0.15) is 5.78 Å². The van der Waals surface area contributed by atoms with Crippen LogP contribution in [0.2, 0.25) is 0 Å². The van der Waals surface area contributed by atoms with Crippen molar-refractivity contribution in [1.82, 2.24) is 4.90 Å². The molecule has 0 aliphatic rings. The van der Waals surface area contributed by atoms with Crippen LogP contribution in [0.1, 0.15) is 33.6 Å². The minimum absolute atomic E-state index is 0.0203. The van der Waals surface area contributed by atoms with Crippen LogP contribution in [0.3, 0.4) is 0 Å². The van der Waals surface area contributed by atoms with Gasteiger partial charge < -0.3 is 4.90 Å². The average Bonchev–Trinajstić information content (AvgIpc) is 2.06. The normalized spacial score (nSPS) is 9.58. The molecule has 0 aromatic heterocycles. The Morgan fingerprint density at radius 3 is 1.92 bits per heavy atom. The maximum absolute atomic E-state index is 11.3. The monoisotopic (exact) mass is 171 g/mol. The minimum atomic E-state index is -0.0492. The molecular formula is C9H17NO2. The standard InChI is InChI=1S/C9H17NO2/c1-4-8(11)7-9(12)10(5-2)6-3/h4-7H2,1-3H3. The molecule has 0 aliphatic heterocycles. The van der Waals surface area contributed by atoms with E-state index in [0.717, 1.165) is 0 Å². The van der Waals surface area contributed by atoms with Gasteiger partial charge in [-0.2, -0.15) is 0 Å². The molecule has 0 heterocycles. The highest BCUT2D eigenvalue weighted by molar-refractivity contribution is 5.97. The maximum Gasteiger partial charge on any atom is 0.229 e. The van der Waals surface area contributed by atoms with Gasteiger partial charge in [-0.15, -0.1) is 0 Å². The van der Waals surface area contributed by atoms with Gasteiger partial charge in [0, 0.05) is 19.5 Å². The van der Waals surface area contributed by atoms with E-state index in [1.165, 1.54) is 0 Å². The summed E-state index contributed by atoms with van der Waals surface area (Å²) >= 11 is 0. The number of carbonyl (C=O) groups excluding carboxylic acids is 2. The van der Waals surface area contributed by atoms with Gasteiger partial charge >= 0.3 is 0 Å². The first-order valence-corrected chi connectivity index (χ1v) is 4.45. The van der Waals surface area contributed by atoms with Crippen molar-refractivity contribution >= 4 is 11.7 Å². The van der Waals surface area contributed by atoms with Gasteiger partial charge in [0.25, 0.3) is 0 Å². The lowest BCUT2D eigenvalue weighted by atomic mass is 10.2. The largest absolute Gasteiger partial charge is 0.343 e. The van der Waals surface area contributed by atoms with Crippen LogP contribution in [0.5, 0.6) is 0 Å². The molecule has 0 unspecified atom stereocenters. The van der Waals surface area contributed by atoms with E-state index in [4.69, 9.17) is 0 Å². The van der Waals surface area contributed by atoms with Gasteiger partial charge in [-0.25, -0.2) is 0 Å². The van der Waals surface area contributed by atoms with Crippen molar-refractivity contribution in [2.75, 3.05) is 13.1 Å². The van der Waals surface area contributed by atoms with Gasteiger partial charge in [-0.05, 0) is 13.8 Å². The Morgan fingerprint density at radius 1 is 1.08 bits per heavy atom. The third-order valence-electron chi connectivity index (χ3n) is 1.86. The van der Waals surface area contributed by atoms with E-state index in [1.807, 2.05) is 13.8 Å². The van der Waals surface area contributed by atoms with E-state index < -0.39 is 0 Å². The number of hydrogen-bond donors (Lipinski definition) is 0. The highest BCUT2D eigenvalue weighted by Crippen LogP contribution is 1.96. The number of Topliss-reactive ketones (excluding diaryl/α,β-unsaturated/α-hetero) is 1. The summed E-state index contributed by atoms with van der Waals surface area (Å²) in [6.07, 6.45) is 0.519. The Hall–Kier alpha value is -0.860. The zero-order chi connectivity index (χ0) is 9.56. The van der Waals surface area contributed by atoms with Gasteiger partial charge in [0.2, 0.25) is 5.91 Å². The van der Waals surface area contributed by atoms with Crippen molar-refractivity contribution in [2.45, 2.75) is 33.6 Å². The third-order valence-corrected chi connectivity index (χ3v) is 1.86. The Kier molecular flexibility index (Phi) is 5.34. The summed E-state index contributed by atoms with van der Waals surface area (Å²) in [4.78, 5) is 23.9. The molecule has 3 nitrogen and oxygen atoms in total. The number of nitrogens with zero attached hydrogens (tertiary/aromatic N) is 1. The lowest BCUT2D eigenvalue weighted by molar-refractivity contribution is -0.135. The molecule has 0 aliphatic carbocycles. The number of amides is 1. The molecule has 1 amide bonds. The number of ketones is 1. The smallest absolute Gasteiger partial charge is 0.229 e. The summed E-state index contributed by atoms with van der Waals surface area (Å²) in [5.74, 6) is -0.0289. The fourth-order valence-electron chi connectivity index (χ4n) is 0.982. The summed E-state index contributed by atoms with van der Waals surface area (Å²) in [5.41, 5.74) is 0. The van der Waals surface area contributed by atoms with Crippen LogP contribution in [-0.4, -0.2) is 29.7 Å². The number of rotatable bonds is 5. The van der Waals surface area contributed by atoms with Crippen LogP contribution < -0.4 is 0 Å². The average molecular weight is 171 g/mol. The summed E-state index contributed by atoms with van der Waals surface area (Å²) in [6, 6.07) is 0. The summed E-state index contributed by atoms with van der Waals surface area (Å²) < 4.78 is 0. The molecule has 0 aromatic carbocycles. The predicted molar refractivity (Wildman–Crippen MR) is 47.8 cm³/mol. The molecule has 0 fully saturated rings. The fourth-order valence-corrected chi connectivity index (χ4v) is 0.982. The highest BCUT2D eigenvalue weighted by Gasteiger charge is 2.12. The second-order valence-corrected chi connectivity index (χ2v) is 2.64. The quantitative estimate of drug-likeness (QED) is 0.583. The van der Waals surface area contributed by atoms with Crippen molar-refractivity contribution in [2.24, 2.45) is 0 Å². The molecule has 3 heteroatoms. The van der Waals surface area contributed by atoms with Crippen LogP contribution in [0.15, 0.2) is 0 Å². The molecular weight excluding hydrogens is 154 g/mol. The van der Waals surface area contributed by atoms with Crippen LogP contribution in [0.25, 0.3) is 0 Å². The van der Waals surface area contributed by atoms with Crippen molar-refractivity contribution < 1.29 is 9.59 Å². The van der Waals surface area contributed by atoms with E-state index in [-0.39, 0.29) is 18.1 Å². The highest BCUT2D eigenvalue weighted by atomic mass is 16.2. The van der Waals surface area contributed by atoms with Crippen molar-refractivity contribution in [1.29, 1.82) is 0 Å². The molecule has 70 valence electrons. The summed E-state index contributed by atoms with van der Waals surface area (Å²) in [5, 5.41) is 0. The molecule has 0 saturated carbocycles. The molecule has 0 spiro atoms. The molecule has 0 aromatic rings. The summed E-state index contributed by atoms with van der Waals surface area (Å²) in [7, 11) is 0. The molecule has 0 radical (unpaired) electrons. The zero-order valence-corrected chi connectivity index (χ0v) is 8.09. The van der Waals surface area contributed by atoms with Crippen molar-refractivity contribution in [3.05, 3.63) is 0 Å². The first-order valence-electron chi connectivity index (χ1n) is 4.45. The Balaban J connectivity index is 3.92. The Morgan fingerprint density at radius 2 is 1.58 bits per heavy atom. The third kappa shape index (κ3) is 3.51. The van der Waals surface area contributed by atoms with Crippen LogP contribution in [0, 0.1) is 0 Å². The molecule has 0 atom stereocenters. The van der Waals surface area contributed by atoms with Gasteiger partial charge in [-0.1, -0.05) is 6.92 Å². The molecule has 0 saturated heterocycles. The van der Waals surface area contributed by atoms with Crippen LogP contribution >= 0.6 is 0 Å². The first kappa shape index (κ1) is 11.1. The first-order chi connectivity index (χ1) is 5.65. The zero-order valence-electron chi connectivity index (χ0n) is 8.09. The second kappa shape index (κ2) is 5.75. The van der Waals surface area contributed by atoms with E-state index in [0.29, 0.717) is 19.5 Å². The fraction of sp³-hybridized carbons (Fsp3) is 0.778. The SMILES string of the molecule is CCC(=O)CC(=O)N(CC)CC. The van der Waals surface area contributed by atoms with Crippen LogP contribution in [0.4, 0.5) is 0 Å². The second-order valence-electron chi connectivity index (χ2n) is 2.64. The minimum Gasteiger partial charge on any atom is -0.343 e. The van der Waals surface area contributed by atoms with Gasteiger partial charge in [0.15, 0.2) is 0 Å². The lowest BCUT2D eigenvalue weighted by Crippen LogP contribution is -2.31. The number of hydrogen-bond acceptors (Lipinski definition) is 2. The maximum atomic E-state index is 11.3.